The zero-order chi connectivity index (χ0) is 12.1. The van der Waals surface area contributed by atoms with Gasteiger partial charge in [-0.3, -0.25) is 4.79 Å². The van der Waals surface area contributed by atoms with Crippen molar-refractivity contribution in [1.82, 2.24) is 0 Å². The second kappa shape index (κ2) is 5.97. The fourth-order valence-corrected chi connectivity index (χ4v) is 1.47. The molecule has 1 atom stereocenters. The maximum absolute atomic E-state index is 13.1. The van der Waals surface area contributed by atoms with Crippen LogP contribution < -0.4 is 0 Å². The van der Waals surface area contributed by atoms with Crippen molar-refractivity contribution < 1.29 is 13.9 Å². The van der Waals surface area contributed by atoms with Crippen LogP contribution in [-0.2, 0) is 16.0 Å². The van der Waals surface area contributed by atoms with E-state index in [1.165, 1.54) is 12.1 Å². The van der Waals surface area contributed by atoms with E-state index >= 15 is 0 Å². The molecule has 88 valence electrons. The molecule has 0 aliphatic rings. The summed E-state index contributed by atoms with van der Waals surface area (Å²) < 4.78 is 18.1. The average Bonchev–Trinajstić information content (AvgIpc) is 2.23. The van der Waals surface area contributed by atoms with Gasteiger partial charge in [-0.25, -0.2) is 4.39 Å². The first kappa shape index (κ1) is 13.1. The van der Waals surface area contributed by atoms with E-state index in [-0.39, 0.29) is 23.3 Å². The second-order valence-electron chi connectivity index (χ2n) is 3.71. The van der Waals surface area contributed by atoms with Crippen molar-refractivity contribution in [2.24, 2.45) is 0 Å². The fraction of sp³-hybridized carbons (Fsp3) is 0.417. The largest absolute Gasteiger partial charge is 0.381 e. The van der Waals surface area contributed by atoms with E-state index in [2.05, 4.69) is 0 Å². The van der Waals surface area contributed by atoms with Gasteiger partial charge in [-0.15, -0.1) is 0 Å². The fourth-order valence-electron chi connectivity index (χ4n) is 1.35. The molecule has 0 fully saturated rings. The molecule has 0 aliphatic heterocycles. The monoisotopic (exact) mass is 244 g/mol. The molecule has 0 spiro atoms. The third-order valence-corrected chi connectivity index (χ3v) is 2.61. The van der Waals surface area contributed by atoms with Crippen LogP contribution in [0, 0.1) is 5.82 Å². The van der Waals surface area contributed by atoms with Crippen LogP contribution in [0.3, 0.4) is 0 Å². The lowest BCUT2D eigenvalue weighted by Crippen LogP contribution is -2.14. The summed E-state index contributed by atoms with van der Waals surface area (Å²) in [4.78, 5) is 11.5. The molecule has 0 bridgehead atoms. The van der Waals surface area contributed by atoms with Crippen molar-refractivity contribution in [3.05, 3.63) is 34.6 Å². The van der Waals surface area contributed by atoms with Gasteiger partial charge in [-0.05, 0) is 24.6 Å². The molecular weight excluding hydrogens is 231 g/mol. The van der Waals surface area contributed by atoms with Gasteiger partial charge in [0.05, 0.1) is 11.1 Å². The number of halogens is 2. The molecule has 0 N–H and O–H groups in total. The minimum Gasteiger partial charge on any atom is -0.381 e. The average molecular weight is 245 g/mol. The van der Waals surface area contributed by atoms with Crippen molar-refractivity contribution in [2.75, 3.05) is 7.11 Å². The van der Waals surface area contributed by atoms with Crippen molar-refractivity contribution >= 4 is 17.4 Å². The van der Waals surface area contributed by atoms with Crippen molar-refractivity contribution in [1.29, 1.82) is 0 Å². The van der Waals surface area contributed by atoms with Crippen LogP contribution in [0.25, 0.3) is 0 Å². The van der Waals surface area contributed by atoms with Gasteiger partial charge in [-0.2, -0.15) is 0 Å². The Balaban J connectivity index is 2.59. The summed E-state index contributed by atoms with van der Waals surface area (Å²) in [6.07, 6.45) is 0.437. The highest BCUT2D eigenvalue weighted by Crippen LogP contribution is 2.16. The van der Waals surface area contributed by atoms with Crippen molar-refractivity contribution in [3.63, 3.8) is 0 Å². The molecule has 0 aliphatic carbocycles. The Morgan fingerprint density at radius 2 is 2.25 bits per heavy atom. The lowest BCUT2D eigenvalue weighted by Gasteiger charge is -2.08. The number of ether oxygens (including phenoxy) is 1. The number of hydrogen-bond acceptors (Lipinski definition) is 2. The topological polar surface area (TPSA) is 26.3 Å². The Hall–Kier alpha value is -0.930. The maximum atomic E-state index is 13.1. The molecule has 1 aromatic rings. The van der Waals surface area contributed by atoms with E-state index < -0.39 is 5.82 Å². The van der Waals surface area contributed by atoms with Gasteiger partial charge in [0, 0.05) is 20.0 Å². The summed E-state index contributed by atoms with van der Waals surface area (Å²) in [5.41, 5.74) is 0.634. The summed E-state index contributed by atoms with van der Waals surface area (Å²) in [5, 5.41) is 0.0708. The molecule has 1 rings (SSSR count). The highest BCUT2D eigenvalue weighted by atomic mass is 35.5. The van der Waals surface area contributed by atoms with Crippen LogP contribution in [0.15, 0.2) is 18.2 Å². The van der Waals surface area contributed by atoms with Gasteiger partial charge in [-0.1, -0.05) is 17.7 Å². The van der Waals surface area contributed by atoms with E-state index in [9.17, 15) is 9.18 Å². The molecule has 1 unspecified atom stereocenters. The number of benzene rings is 1. The number of carbonyl (C=O) groups is 1. The zero-order valence-corrected chi connectivity index (χ0v) is 10.1. The predicted octanol–water partition coefficient (Wildman–Crippen LogP) is 3.02. The van der Waals surface area contributed by atoms with Crippen molar-refractivity contribution in [2.45, 2.75) is 25.9 Å². The van der Waals surface area contributed by atoms with Gasteiger partial charge in [0.2, 0.25) is 0 Å². The maximum Gasteiger partial charge on any atom is 0.142 e. The Morgan fingerprint density at radius 1 is 1.56 bits per heavy atom. The highest BCUT2D eigenvalue weighted by molar-refractivity contribution is 6.30. The summed E-state index contributed by atoms with van der Waals surface area (Å²) >= 11 is 5.54. The SMILES string of the molecule is COC(C)CC(=O)Cc1ccc(Cl)c(F)c1. The minimum atomic E-state index is -0.494. The van der Waals surface area contributed by atoms with Crippen LogP contribution in [-0.4, -0.2) is 19.0 Å². The van der Waals surface area contributed by atoms with Crippen LogP contribution in [0.5, 0.6) is 0 Å². The van der Waals surface area contributed by atoms with Crippen LogP contribution >= 0.6 is 11.6 Å². The Kier molecular flexibility index (Phi) is 4.90. The highest BCUT2D eigenvalue weighted by Gasteiger charge is 2.10. The standard InChI is InChI=1S/C12H14ClFO2/c1-8(16-2)5-10(15)6-9-3-4-11(13)12(14)7-9/h3-4,7-8H,5-6H2,1-2H3. The molecule has 0 aromatic heterocycles. The summed E-state index contributed by atoms with van der Waals surface area (Å²) in [6, 6.07) is 4.40. The zero-order valence-electron chi connectivity index (χ0n) is 9.30. The lowest BCUT2D eigenvalue weighted by molar-refractivity contribution is -0.120. The Labute approximate surface area is 99.4 Å². The van der Waals surface area contributed by atoms with Gasteiger partial charge in [0.1, 0.15) is 11.6 Å². The Morgan fingerprint density at radius 3 is 2.81 bits per heavy atom. The van der Waals surface area contributed by atoms with Gasteiger partial charge in [0.15, 0.2) is 0 Å². The summed E-state index contributed by atoms with van der Waals surface area (Å²) in [7, 11) is 1.56. The minimum absolute atomic E-state index is 0.0241. The lowest BCUT2D eigenvalue weighted by atomic mass is 10.1. The number of methoxy groups -OCH3 is 1. The molecule has 0 amide bonds. The number of rotatable bonds is 5. The molecule has 0 radical (unpaired) electrons. The second-order valence-corrected chi connectivity index (χ2v) is 4.12. The van der Waals surface area contributed by atoms with Gasteiger partial charge >= 0.3 is 0 Å². The third-order valence-electron chi connectivity index (χ3n) is 2.30. The smallest absolute Gasteiger partial charge is 0.142 e. The van der Waals surface area contributed by atoms with E-state index in [0.717, 1.165) is 0 Å². The molecule has 0 heterocycles. The van der Waals surface area contributed by atoms with E-state index in [1.54, 1.807) is 13.2 Å². The van der Waals surface area contributed by atoms with Crippen LogP contribution in [0.2, 0.25) is 5.02 Å². The third kappa shape index (κ3) is 3.91. The summed E-state index contributed by atoms with van der Waals surface area (Å²) in [6.45, 7) is 1.82. The number of ketones is 1. The predicted molar refractivity (Wildman–Crippen MR) is 61.2 cm³/mol. The quantitative estimate of drug-likeness (QED) is 0.796. The molecule has 1 aromatic carbocycles. The Bertz CT molecular complexity index is 379. The van der Waals surface area contributed by atoms with E-state index in [4.69, 9.17) is 16.3 Å². The molecule has 2 nitrogen and oxygen atoms in total. The first-order valence-electron chi connectivity index (χ1n) is 5.01. The first-order chi connectivity index (χ1) is 7.52. The van der Waals surface area contributed by atoms with Gasteiger partial charge < -0.3 is 4.74 Å². The molecule has 0 saturated carbocycles. The molecule has 0 saturated heterocycles. The molecule has 4 heteroatoms. The van der Waals surface area contributed by atoms with Gasteiger partial charge in [0.25, 0.3) is 0 Å². The molecular formula is C12H14ClFO2. The first-order valence-corrected chi connectivity index (χ1v) is 5.39. The number of Topliss-reactive ketones (excluding diaryl/α,β-unsaturated/α-hetero) is 1. The number of hydrogen-bond donors (Lipinski definition) is 0. The normalized spacial score (nSPS) is 12.5. The number of carbonyl (C=O) groups excluding carboxylic acids is 1. The summed E-state index contributed by atoms with van der Waals surface area (Å²) in [5.74, 6) is -0.470. The van der Waals surface area contributed by atoms with E-state index in [1.807, 2.05) is 6.92 Å². The van der Waals surface area contributed by atoms with Crippen LogP contribution in [0.4, 0.5) is 4.39 Å². The van der Waals surface area contributed by atoms with Crippen molar-refractivity contribution in [3.8, 4) is 0 Å². The van der Waals surface area contributed by atoms with Crippen LogP contribution in [0.1, 0.15) is 18.9 Å². The van der Waals surface area contributed by atoms with E-state index in [0.29, 0.717) is 12.0 Å². The molecule has 16 heavy (non-hydrogen) atoms.